The highest BCUT2D eigenvalue weighted by molar-refractivity contribution is 5.33. The molecule has 2 heteroatoms. The fourth-order valence-electron chi connectivity index (χ4n) is 2.44. The molecule has 0 bridgehead atoms. The first-order valence-electron chi connectivity index (χ1n) is 6.61. The zero-order valence-electron chi connectivity index (χ0n) is 11.5. The Bertz CT molecular complexity index is 442. The number of benzene rings is 2. The van der Waals surface area contributed by atoms with Crippen LogP contribution in [0, 0.1) is 0 Å². The number of aliphatic hydroxyl groups excluding tert-OH is 1. The fraction of sp³-hybridized carbons (Fsp3) is 0.294. The molecule has 1 atom stereocenters. The third-order valence-electron chi connectivity index (χ3n) is 3.25. The summed E-state index contributed by atoms with van der Waals surface area (Å²) in [7, 11) is 3.96. The molecule has 19 heavy (non-hydrogen) atoms. The van der Waals surface area contributed by atoms with Crippen molar-refractivity contribution in [3.63, 3.8) is 0 Å². The van der Waals surface area contributed by atoms with E-state index >= 15 is 0 Å². The molecule has 0 radical (unpaired) electrons. The van der Waals surface area contributed by atoms with E-state index in [2.05, 4.69) is 24.3 Å². The number of hydrogen-bond acceptors (Lipinski definition) is 2. The minimum absolute atomic E-state index is 0.0183. The first-order valence-corrected chi connectivity index (χ1v) is 6.61. The van der Waals surface area contributed by atoms with Gasteiger partial charge in [0.05, 0.1) is 6.10 Å². The van der Waals surface area contributed by atoms with Crippen molar-refractivity contribution in [2.45, 2.75) is 12.0 Å². The summed E-state index contributed by atoms with van der Waals surface area (Å²) in [5, 5.41) is 10.5. The van der Waals surface area contributed by atoms with Crippen molar-refractivity contribution in [1.29, 1.82) is 0 Å². The van der Waals surface area contributed by atoms with E-state index in [0.29, 0.717) is 6.54 Å². The van der Waals surface area contributed by atoms with Crippen LogP contribution in [0.5, 0.6) is 0 Å². The van der Waals surface area contributed by atoms with Crippen LogP contribution in [0.3, 0.4) is 0 Å². The van der Waals surface area contributed by atoms with Crippen LogP contribution in [0.25, 0.3) is 0 Å². The van der Waals surface area contributed by atoms with Crippen molar-refractivity contribution in [2.75, 3.05) is 20.6 Å². The van der Waals surface area contributed by atoms with Crippen LogP contribution >= 0.6 is 0 Å². The number of rotatable bonds is 5. The maximum atomic E-state index is 10.5. The van der Waals surface area contributed by atoms with E-state index in [1.54, 1.807) is 0 Å². The molecule has 0 amide bonds. The van der Waals surface area contributed by atoms with E-state index < -0.39 is 6.10 Å². The molecular formula is C17H21NO. The Morgan fingerprint density at radius 3 is 1.63 bits per heavy atom. The molecule has 0 spiro atoms. The van der Waals surface area contributed by atoms with Crippen molar-refractivity contribution >= 4 is 0 Å². The minimum atomic E-state index is -0.417. The van der Waals surface area contributed by atoms with Crippen LogP contribution in [0.2, 0.25) is 0 Å². The molecule has 0 unspecified atom stereocenters. The zero-order chi connectivity index (χ0) is 13.7. The minimum Gasteiger partial charge on any atom is -0.391 e. The summed E-state index contributed by atoms with van der Waals surface area (Å²) in [6.45, 7) is 0.647. The molecule has 100 valence electrons. The first kappa shape index (κ1) is 13.8. The van der Waals surface area contributed by atoms with Gasteiger partial charge in [-0.15, -0.1) is 0 Å². The van der Waals surface area contributed by atoms with Crippen molar-refractivity contribution in [3.05, 3.63) is 71.8 Å². The van der Waals surface area contributed by atoms with Gasteiger partial charge in [0.2, 0.25) is 0 Å². The first-order chi connectivity index (χ1) is 9.18. The van der Waals surface area contributed by atoms with Crippen LogP contribution in [-0.4, -0.2) is 36.8 Å². The lowest BCUT2D eigenvalue weighted by Gasteiger charge is -2.26. The maximum absolute atomic E-state index is 10.5. The maximum Gasteiger partial charge on any atom is 0.0775 e. The Morgan fingerprint density at radius 1 is 0.842 bits per heavy atom. The van der Waals surface area contributed by atoms with Gasteiger partial charge in [-0.1, -0.05) is 60.7 Å². The average Bonchev–Trinajstić information content (AvgIpc) is 2.40. The molecule has 1 N–H and O–H groups in total. The summed E-state index contributed by atoms with van der Waals surface area (Å²) in [6, 6.07) is 20.4. The van der Waals surface area contributed by atoms with Crippen LogP contribution in [-0.2, 0) is 0 Å². The Balaban J connectivity index is 2.34. The molecule has 2 nitrogen and oxygen atoms in total. The number of hydrogen-bond donors (Lipinski definition) is 1. The van der Waals surface area contributed by atoms with Gasteiger partial charge in [-0.2, -0.15) is 0 Å². The third kappa shape index (κ3) is 3.66. The van der Waals surface area contributed by atoms with Gasteiger partial charge in [-0.25, -0.2) is 0 Å². The van der Waals surface area contributed by atoms with Gasteiger partial charge in [0.25, 0.3) is 0 Å². The molecule has 2 rings (SSSR count). The lowest BCUT2D eigenvalue weighted by molar-refractivity contribution is 0.121. The monoisotopic (exact) mass is 255 g/mol. The Hall–Kier alpha value is -1.64. The van der Waals surface area contributed by atoms with Crippen LogP contribution in [0.4, 0.5) is 0 Å². The standard InChI is InChI=1S/C17H21NO/c1-18(2)13-16(19)17(14-9-5-3-6-10-14)15-11-7-4-8-12-15/h3-12,16-17,19H,13H2,1-2H3/t16-/m1/s1. The van der Waals surface area contributed by atoms with Crippen molar-refractivity contribution in [3.8, 4) is 0 Å². The molecule has 0 fully saturated rings. The van der Waals surface area contributed by atoms with Crippen molar-refractivity contribution < 1.29 is 5.11 Å². The second-order valence-corrected chi connectivity index (χ2v) is 5.13. The molecule has 0 aliphatic heterocycles. The second-order valence-electron chi connectivity index (χ2n) is 5.13. The van der Waals surface area contributed by atoms with E-state index in [1.807, 2.05) is 55.4 Å². The molecule has 0 aliphatic carbocycles. The highest BCUT2D eigenvalue weighted by atomic mass is 16.3. The molecule has 0 saturated carbocycles. The zero-order valence-corrected chi connectivity index (χ0v) is 11.5. The number of aliphatic hydroxyl groups is 1. The fourth-order valence-corrected chi connectivity index (χ4v) is 2.44. The third-order valence-corrected chi connectivity index (χ3v) is 3.25. The lowest BCUT2D eigenvalue weighted by Crippen LogP contribution is -2.31. The summed E-state index contributed by atoms with van der Waals surface area (Å²) >= 11 is 0. The van der Waals surface area contributed by atoms with Gasteiger partial charge in [0, 0.05) is 12.5 Å². The van der Waals surface area contributed by atoms with Gasteiger partial charge in [0.15, 0.2) is 0 Å². The summed E-state index contributed by atoms with van der Waals surface area (Å²) in [5.74, 6) is 0.0183. The van der Waals surface area contributed by atoms with Crippen molar-refractivity contribution in [1.82, 2.24) is 4.90 Å². The number of nitrogens with zero attached hydrogens (tertiary/aromatic N) is 1. The van der Waals surface area contributed by atoms with Gasteiger partial charge in [0.1, 0.15) is 0 Å². The van der Waals surface area contributed by atoms with E-state index in [4.69, 9.17) is 0 Å². The summed E-state index contributed by atoms with van der Waals surface area (Å²) in [6.07, 6.45) is -0.417. The second kappa shape index (κ2) is 6.50. The Kier molecular flexibility index (Phi) is 4.72. The van der Waals surface area contributed by atoms with E-state index in [1.165, 1.54) is 0 Å². The largest absolute Gasteiger partial charge is 0.391 e. The Morgan fingerprint density at radius 2 is 1.26 bits per heavy atom. The van der Waals surface area contributed by atoms with E-state index in [0.717, 1.165) is 11.1 Å². The molecule has 0 saturated heterocycles. The average molecular weight is 255 g/mol. The normalized spacial score (nSPS) is 12.9. The quantitative estimate of drug-likeness (QED) is 0.888. The van der Waals surface area contributed by atoms with Crippen LogP contribution < -0.4 is 0 Å². The molecule has 2 aromatic carbocycles. The van der Waals surface area contributed by atoms with Gasteiger partial charge < -0.3 is 10.0 Å². The molecule has 0 heterocycles. The summed E-state index contributed by atoms with van der Waals surface area (Å²) in [5.41, 5.74) is 2.31. The molecule has 0 aromatic heterocycles. The smallest absolute Gasteiger partial charge is 0.0775 e. The van der Waals surface area contributed by atoms with E-state index in [9.17, 15) is 5.11 Å². The summed E-state index contributed by atoms with van der Waals surface area (Å²) < 4.78 is 0. The van der Waals surface area contributed by atoms with Gasteiger partial charge in [-0.05, 0) is 25.2 Å². The molecular weight excluding hydrogens is 234 g/mol. The Labute approximate surface area is 115 Å². The van der Waals surface area contributed by atoms with Crippen LogP contribution in [0.15, 0.2) is 60.7 Å². The molecule has 0 aliphatic rings. The SMILES string of the molecule is CN(C)C[C@@H](O)C(c1ccccc1)c1ccccc1. The predicted molar refractivity (Wildman–Crippen MR) is 79.3 cm³/mol. The van der Waals surface area contributed by atoms with Gasteiger partial charge in [-0.3, -0.25) is 0 Å². The predicted octanol–water partition coefficient (Wildman–Crippen LogP) is 2.74. The topological polar surface area (TPSA) is 23.5 Å². The van der Waals surface area contributed by atoms with E-state index in [-0.39, 0.29) is 5.92 Å². The van der Waals surface area contributed by atoms with Crippen molar-refractivity contribution in [2.24, 2.45) is 0 Å². The number of likely N-dealkylation sites (N-methyl/N-ethyl adjacent to an activating group) is 1. The highest BCUT2D eigenvalue weighted by Crippen LogP contribution is 2.28. The van der Waals surface area contributed by atoms with Gasteiger partial charge >= 0.3 is 0 Å². The summed E-state index contributed by atoms with van der Waals surface area (Å²) in [4.78, 5) is 2.02. The van der Waals surface area contributed by atoms with Crippen LogP contribution in [0.1, 0.15) is 17.0 Å². The lowest BCUT2D eigenvalue weighted by atomic mass is 9.86. The highest BCUT2D eigenvalue weighted by Gasteiger charge is 2.23. The molecule has 2 aromatic rings.